The maximum absolute atomic E-state index is 13.2. The molecule has 1 aliphatic rings. The van der Waals surface area contributed by atoms with E-state index in [9.17, 15) is 9.18 Å². The molecule has 3 aromatic rings. The van der Waals surface area contributed by atoms with E-state index in [1.165, 1.54) is 18.2 Å². The third-order valence-electron chi connectivity index (χ3n) is 4.10. The molecule has 1 N–H and O–H groups in total. The molecule has 0 saturated heterocycles. The smallest absolute Gasteiger partial charge is 0.371 e. The number of benzene rings is 1. The molecule has 24 heavy (non-hydrogen) atoms. The van der Waals surface area contributed by atoms with Crippen molar-refractivity contribution < 1.29 is 18.7 Å². The molecule has 0 unspecified atom stereocenters. The van der Waals surface area contributed by atoms with Crippen molar-refractivity contribution in [3.05, 3.63) is 41.9 Å². The van der Waals surface area contributed by atoms with E-state index in [0.29, 0.717) is 28.6 Å². The summed E-state index contributed by atoms with van der Waals surface area (Å²) in [5.41, 5.74) is 1.83. The molecule has 0 amide bonds. The van der Waals surface area contributed by atoms with Crippen LogP contribution in [0.4, 0.5) is 10.2 Å². The van der Waals surface area contributed by atoms with Crippen LogP contribution in [0.25, 0.3) is 22.5 Å². The van der Waals surface area contributed by atoms with Crippen molar-refractivity contribution in [2.24, 2.45) is 0 Å². The van der Waals surface area contributed by atoms with Crippen molar-refractivity contribution in [1.82, 2.24) is 9.97 Å². The van der Waals surface area contributed by atoms with Crippen molar-refractivity contribution in [3.8, 4) is 11.3 Å². The number of halogens is 1. The number of aromatic nitrogens is 2. The lowest BCUT2D eigenvalue weighted by Crippen LogP contribution is -2.22. The van der Waals surface area contributed by atoms with Crippen LogP contribution >= 0.6 is 0 Å². The Morgan fingerprint density at radius 3 is 2.62 bits per heavy atom. The first kappa shape index (κ1) is 14.6. The number of carbonyl (C=O) groups is 1. The molecule has 1 fully saturated rings. The number of fused-ring (bicyclic) bond motifs is 1. The van der Waals surface area contributed by atoms with Crippen molar-refractivity contribution in [2.75, 3.05) is 11.9 Å². The maximum atomic E-state index is 13.2. The number of furan rings is 1. The lowest BCUT2D eigenvalue weighted by atomic mass is 10.1. The van der Waals surface area contributed by atoms with Gasteiger partial charge in [0.05, 0.1) is 0 Å². The van der Waals surface area contributed by atoms with Crippen LogP contribution in [-0.2, 0) is 0 Å². The lowest BCUT2D eigenvalue weighted by molar-refractivity contribution is 0.0664. The van der Waals surface area contributed by atoms with Crippen LogP contribution in [0, 0.1) is 5.82 Å². The summed E-state index contributed by atoms with van der Waals surface area (Å²) in [7, 11) is 1.92. The zero-order chi connectivity index (χ0) is 16.8. The molecule has 122 valence electrons. The molecule has 4 rings (SSSR count). The number of hydrogen-bond acceptors (Lipinski definition) is 5. The average Bonchev–Trinajstić information content (AvgIpc) is 3.32. The van der Waals surface area contributed by atoms with Crippen molar-refractivity contribution >= 4 is 23.0 Å². The van der Waals surface area contributed by atoms with Gasteiger partial charge in [-0.3, -0.25) is 0 Å². The average molecular weight is 327 g/mol. The van der Waals surface area contributed by atoms with Gasteiger partial charge in [0.15, 0.2) is 5.82 Å². The van der Waals surface area contributed by atoms with Crippen molar-refractivity contribution in [1.29, 1.82) is 0 Å². The molecule has 2 aromatic heterocycles. The van der Waals surface area contributed by atoms with E-state index in [4.69, 9.17) is 9.52 Å². The van der Waals surface area contributed by atoms with E-state index in [1.54, 1.807) is 12.1 Å². The Labute approximate surface area is 136 Å². The summed E-state index contributed by atoms with van der Waals surface area (Å²) >= 11 is 0. The molecule has 0 spiro atoms. The van der Waals surface area contributed by atoms with Gasteiger partial charge in [-0.05, 0) is 37.1 Å². The Hall–Kier alpha value is -2.96. The minimum absolute atomic E-state index is 0.181. The molecule has 1 aliphatic carbocycles. The second-order valence-corrected chi connectivity index (χ2v) is 5.85. The molecule has 1 saturated carbocycles. The summed E-state index contributed by atoms with van der Waals surface area (Å²) in [4.78, 5) is 22.1. The monoisotopic (exact) mass is 327 g/mol. The van der Waals surface area contributed by atoms with Gasteiger partial charge in [-0.2, -0.15) is 4.98 Å². The minimum atomic E-state index is -1.17. The van der Waals surface area contributed by atoms with E-state index in [2.05, 4.69) is 9.97 Å². The summed E-state index contributed by atoms with van der Waals surface area (Å²) in [6.45, 7) is 0. The number of rotatable bonds is 4. The maximum Gasteiger partial charge on any atom is 0.371 e. The molecule has 0 radical (unpaired) electrons. The van der Waals surface area contributed by atoms with Crippen LogP contribution in [0.1, 0.15) is 23.4 Å². The van der Waals surface area contributed by atoms with E-state index >= 15 is 0 Å². The van der Waals surface area contributed by atoms with Crippen molar-refractivity contribution in [3.63, 3.8) is 0 Å². The molecular weight excluding hydrogens is 313 g/mol. The standard InChI is InChI=1S/C17H14FN3O3/c1-21(11-6-7-11)15-14(9-2-4-10(18)5-3-9)19-12-8-13(17(22)23)24-16(12)20-15/h2-5,8,11H,6-7H2,1H3,(H,22,23). The molecule has 6 nitrogen and oxygen atoms in total. The summed E-state index contributed by atoms with van der Waals surface area (Å²) in [6, 6.07) is 7.71. The molecule has 0 bridgehead atoms. The highest BCUT2D eigenvalue weighted by Gasteiger charge is 2.30. The Kier molecular flexibility index (Phi) is 3.23. The van der Waals surface area contributed by atoms with Gasteiger partial charge in [0.25, 0.3) is 0 Å². The first-order chi connectivity index (χ1) is 11.5. The number of carboxylic acids is 1. The molecule has 0 atom stereocenters. The van der Waals surface area contributed by atoms with E-state index in [-0.39, 0.29) is 17.3 Å². The molecular formula is C17H14FN3O3. The number of aromatic carboxylic acids is 1. The van der Waals surface area contributed by atoms with E-state index < -0.39 is 5.97 Å². The van der Waals surface area contributed by atoms with Crippen molar-refractivity contribution in [2.45, 2.75) is 18.9 Å². The lowest BCUT2D eigenvalue weighted by Gasteiger charge is -2.20. The Bertz CT molecular complexity index is 932. The van der Waals surface area contributed by atoms with Crippen LogP contribution in [0.5, 0.6) is 0 Å². The third-order valence-corrected chi connectivity index (χ3v) is 4.10. The Morgan fingerprint density at radius 2 is 2.00 bits per heavy atom. The predicted molar refractivity (Wildman–Crippen MR) is 85.6 cm³/mol. The SMILES string of the molecule is CN(c1nc2oc(C(=O)O)cc2nc1-c1ccc(F)cc1)C1CC1. The van der Waals surface area contributed by atoms with Gasteiger partial charge in [-0.25, -0.2) is 14.2 Å². The summed E-state index contributed by atoms with van der Waals surface area (Å²) in [5, 5.41) is 9.08. The largest absolute Gasteiger partial charge is 0.475 e. The Morgan fingerprint density at radius 1 is 1.29 bits per heavy atom. The van der Waals surface area contributed by atoms with Crippen LogP contribution in [-0.4, -0.2) is 34.1 Å². The summed E-state index contributed by atoms with van der Waals surface area (Å²) in [6.07, 6.45) is 2.13. The van der Waals surface area contributed by atoms with E-state index in [0.717, 1.165) is 12.8 Å². The summed E-state index contributed by atoms with van der Waals surface area (Å²) in [5.74, 6) is -1.11. The normalized spacial score (nSPS) is 14.1. The summed E-state index contributed by atoms with van der Waals surface area (Å²) < 4.78 is 18.5. The van der Waals surface area contributed by atoms with Gasteiger partial charge < -0.3 is 14.4 Å². The minimum Gasteiger partial charge on any atom is -0.475 e. The second kappa shape index (κ2) is 5.30. The fraction of sp³-hybridized carbons (Fsp3) is 0.235. The fourth-order valence-electron chi connectivity index (χ4n) is 2.64. The first-order valence-electron chi connectivity index (χ1n) is 7.56. The number of anilines is 1. The number of hydrogen-bond donors (Lipinski definition) is 1. The predicted octanol–water partition coefficient (Wildman–Crippen LogP) is 3.33. The van der Waals surface area contributed by atoms with E-state index in [1.807, 2.05) is 11.9 Å². The van der Waals surface area contributed by atoms with Crippen LogP contribution in [0.15, 0.2) is 34.7 Å². The zero-order valence-electron chi connectivity index (χ0n) is 12.9. The van der Waals surface area contributed by atoms with Crippen LogP contribution < -0.4 is 4.90 Å². The topological polar surface area (TPSA) is 79.5 Å². The van der Waals surface area contributed by atoms with Gasteiger partial charge in [0.1, 0.15) is 17.0 Å². The van der Waals surface area contributed by atoms with Gasteiger partial charge in [0, 0.05) is 24.7 Å². The zero-order valence-corrected chi connectivity index (χ0v) is 12.9. The van der Waals surface area contributed by atoms with Crippen LogP contribution in [0.2, 0.25) is 0 Å². The second-order valence-electron chi connectivity index (χ2n) is 5.85. The highest BCUT2D eigenvalue weighted by Crippen LogP contribution is 2.36. The van der Waals surface area contributed by atoms with Crippen LogP contribution in [0.3, 0.4) is 0 Å². The first-order valence-corrected chi connectivity index (χ1v) is 7.56. The quantitative estimate of drug-likeness (QED) is 0.792. The Balaban J connectivity index is 1.92. The molecule has 0 aliphatic heterocycles. The molecule has 1 aromatic carbocycles. The molecule has 2 heterocycles. The highest BCUT2D eigenvalue weighted by molar-refractivity contribution is 5.90. The van der Waals surface area contributed by atoms with Gasteiger partial charge in [0.2, 0.25) is 11.5 Å². The van der Waals surface area contributed by atoms with Gasteiger partial charge in [-0.1, -0.05) is 0 Å². The highest BCUT2D eigenvalue weighted by atomic mass is 19.1. The fourth-order valence-corrected chi connectivity index (χ4v) is 2.64. The molecule has 7 heteroatoms. The van der Waals surface area contributed by atoms with Gasteiger partial charge >= 0.3 is 5.97 Å². The third kappa shape index (κ3) is 2.47. The number of carboxylic acid groups (broad SMARTS) is 1. The number of nitrogens with zero attached hydrogens (tertiary/aromatic N) is 3. The van der Waals surface area contributed by atoms with Gasteiger partial charge in [-0.15, -0.1) is 0 Å².